The first-order valence-corrected chi connectivity index (χ1v) is 6.28. The van der Waals surface area contributed by atoms with Crippen molar-refractivity contribution >= 4 is 0 Å². The number of rotatable bonds is 3. The third-order valence-electron chi connectivity index (χ3n) is 3.35. The number of nitrogens with one attached hydrogen (secondary N) is 1. The number of benzene rings is 1. The molecule has 1 unspecified atom stereocenters. The summed E-state index contributed by atoms with van der Waals surface area (Å²) in [6, 6.07) is 8.30. The molecule has 2 heterocycles. The predicted octanol–water partition coefficient (Wildman–Crippen LogP) is 1.71. The van der Waals surface area contributed by atoms with Crippen LogP contribution in [0.25, 0.3) is 5.69 Å². The summed E-state index contributed by atoms with van der Waals surface area (Å²) < 4.78 is 7.76. The Hall–Kier alpha value is -1.65. The van der Waals surface area contributed by atoms with E-state index >= 15 is 0 Å². The highest BCUT2D eigenvalue weighted by Crippen LogP contribution is 2.30. The Morgan fingerprint density at radius 1 is 1.44 bits per heavy atom. The monoisotopic (exact) mass is 243 g/mol. The van der Waals surface area contributed by atoms with Crippen LogP contribution < -0.4 is 5.32 Å². The molecule has 0 amide bonds. The van der Waals surface area contributed by atoms with E-state index in [1.165, 1.54) is 16.8 Å². The van der Waals surface area contributed by atoms with Crippen LogP contribution in [0.4, 0.5) is 0 Å². The maximum Gasteiger partial charge on any atom is 0.0952 e. The summed E-state index contributed by atoms with van der Waals surface area (Å²) in [6.07, 6.45) is 4.89. The van der Waals surface area contributed by atoms with E-state index in [1.807, 2.05) is 30.2 Å². The molecule has 94 valence electrons. The largest absolute Gasteiger partial charge is 0.372 e. The molecule has 0 saturated heterocycles. The van der Waals surface area contributed by atoms with E-state index in [-0.39, 0.29) is 6.10 Å². The van der Waals surface area contributed by atoms with Gasteiger partial charge in [0.15, 0.2) is 0 Å². The molecule has 0 fully saturated rings. The Bertz CT molecular complexity index is 522. The van der Waals surface area contributed by atoms with Gasteiger partial charge < -0.3 is 10.1 Å². The first-order valence-electron chi connectivity index (χ1n) is 6.28. The normalized spacial score (nSPS) is 18.6. The molecule has 0 saturated carbocycles. The molecule has 1 aromatic carbocycles. The van der Waals surface area contributed by atoms with E-state index in [4.69, 9.17) is 4.74 Å². The standard InChI is InChI=1S/C14H17N3O/c1-15-10-14-12-4-2-5-13(11(12)6-9-18-14)17-8-3-7-16-17/h2-5,7-8,14-15H,6,9-10H2,1H3. The molecule has 1 aromatic heterocycles. The Labute approximate surface area is 107 Å². The van der Waals surface area contributed by atoms with Gasteiger partial charge in [0.2, 0.25) is 0 Å². The van der Waals surface area contributed by atoms with Crippen molar-refractivity contribution in [2.75, 3.05) is 20.2 Å². The predicted molar refractivity (Wildman–Crippen MR) is 69.9 cm³/mol. The van der Waals surface area contributed by atoms with Crippen LogP contribution in [-0.4, -0.2) is 30.0 Å². The summed E-state index contributed by atoms with van der Waals surface area (Å²) in [5.41, 5.74) is 3.80. The smallest absolute Gasteiger partial charge is 0.0952 e. The van der Waals surface area contributed by atoms with Gasteiger partial charge in [0.1, 0.15) is 0 Å². The van der Waals surface area contributed by atoms with E-state index in [2.05, 4.69) is 28.6 Å². The van der Waals surface area contributed by atoms with E-state index in [0.717, 1.165) is 19.6 Å². The number of hydrogen-bond donors (Lipinski definition) is 1. The van der Waals surface area contributed by atoms with E-state index < -0.39 is 0 Å². The van der Waals surface area contributed by atoms with Crippen molar-refractivity contribution in [1.29, 1.82) is 0 Å². The zero-order valence-electron chi connectivity index (χ0n) is 10.5. The molecule has 0 spiro atoms. The molecule has 1 atom stereocenters. The number of nitrogens with zero attached hydrogens (tertiary/aromatic N) is 2. The minimum Gasteiger partial charge on any atom is -0.372 e. The maximum absolute atomic E-state index is 5.83. The first kappa shape index (κ1) is 11.4. The SMILES string of the molecule is CNCC1OCCc2c1cccc2-n1cccn1. The van der Waals surface area contributed by atoms with Crippen LogP contribution >= 0.6 is 0 Å². The van der Waals surface area contributed by atoms with Crippen LogP contribution in [0.3, 0.4) is 0 Å². The van der Waals surface area contributed by atoms with Gasteiger partial charge in [-0.2, -0.15) is 5.10 Å². The summed E-state index contributed by atoms with van der Waals surface area (Å²) in [4.78, 5) is 0. The molecule has 18 heavy (non-hydrogen) atoms. The molecule has 3 rings (SSSR count). The fraction of sp³-hybridized carbons (Fsp3) is 0.357. The van der Waals surface area contributed by atoms with Crippen molar-refractivity contribution in [3.05, 3.63) is 47.8 Å². The van der Waals surface area contributed by atoms with Crippen molar-refractivity contribution in [2.24, 2.45) is 0 Å². The quantitative estimate of drug-likeness (QED) is 0.892. The second-order valence-electron chi connectivity index (χ2n) is 4.46. The van der Waals surface area contributed by atoms with Gasteiger partial charge in [0, 0.05) is 18.9 Å². The number of ether oxygens (including phenoxy) is 1. The number of hydrogen-bond acceptors (Lipinski definition) is 3. The lowest BCUT2D eigenvalue weighted by Crippen LogP contribution is -2.26. The van der Waals surface area contributed by atoms with Gasteiger partial charge in [0.25, 0.3) is 0 Å². The molecule has 4 nitrogen and oxygen atoms in total. The van der Waals surface area contributed by atoms with Crippen LogP contribution in [0.1, 0.15) is 17.2 Å². The van der Waals surface area contributed by atoms with Crippen molar-refractivity contribution in [3.63, 3.8) is 0 Å². The molecule has 4 heteroatoms. The number of fused-ring (bicyclic) bond motifs is 1. The van der Waals surface area contributed by atoms with E-state index in [9.17, 15) is 0 Å². The topological polar surface area (TPSA) is 39.1 Å². The average molecular weight is 243 g/mol. The molecular formula is C14H17N3O. The first-order chi connectivity index (χ1) is 8.90. The minimum absolute atomic E-state index is 0.147. The van der Waals surface area contributed by atoms with Gasteiger partial charge in [-0.3, -0.25) is 0 Å². The van der Waals surface area contributed by atoms with Gasteiger partial charge in [-0.1, -0.05) is 12.1 Å². The third-order valence-corrected chi connectivity index (χ3v) is 3.35. The Kier molecular flexibility index (Phi) is 3.13. The second kappa shape index (κ2) is 4.92. The highest BCUT2D eigenvalue weighted by atomic mass is 16.5. The maximum atomic E-state index is 5.83. The lowest BCUT2D eigenvalue weighted by Gasteiger charge is -2.27. The molecule has 1 aliphatic heterocycles. The lowest BCUT2D eigenvalue weighted by molar-refractivity contribution is 0.0438. The summed E-state index contributed by atoms with van der Waals surface area (Å²) in [5.74, 6) is 0. The van der Waals surface area contributed by atoms with Gasteiger partial charge in [-0.25, -0.2) is 4.68 Å². The molecule has 1 aliphatic rings. The van der Waals surface area contributed by atoms with Crippen LogP contribution in [0, 0.1) is 0 Å². The Balaban J connectivity index is 2.06. The Morgan fingerprint density at radius 3 is 3.17 bits per heavy atom. The summed E-state index contributed by atoms with van der Waals surface area (Å²) in [5, 5.41) is 7.51. The van der Waals surface area contributed by atoms with Gasteiger partial charge in [-0.15, -0.1) is 0 Å². The van der Waals surface area contributed by atoms with Crippen molar-refractivity contribution in [3.8, 4) is 5.69 Å². The number of aromatic nitrogens is 2. The fourth-order valence-corrected chi connectivity index (χ4v) is 2.54. The lowest BCUT2D eigenvalue weighted by atomic mass is 9.95. The summed E-state index contributed by atoms with van der Waals surface area (Å²) >= 11 is 0. The van der Waals surface area contributed by atoms with Crippen LogP contribution in [0.2, 0.25) is 0 Å². The van der Waals surface area contributed by atoms with Crippen LogP contribution in [0.5, 0.6) is 0 Å². The minimum atomic E-state index is 0.147. The molecule has 0 bridgehead atoms. The van der Waals surface area contributed by atoms with Crippen molar-refractivity contribution in [1.82, 2.24) is 15.1 Å². The molecule has 0 aliphatic carbocycles. The highest BCUT2D eigenvalue weighted by molar-refractivity contribution is 5.47. The van der Waals surface area contributed by atoms with Gasteiger partial charge in [-0.05, 0) is 36.7 Å². The molecular weight excluding hydrogens is 226 g/mol. The highest BCUT2D eigenvalue weighted by Gasteiger charge is 2.22. The average Bonchev–Trinajstić information content (AvgIpc) is 2.93. The van der Waals surface area contributed by atoms with Crippen LogP contribution in [0.15, 0.2) is 36.7 Å². The van der Waals surface area contributed by atoms with E-state index in [0.29, 0.717) is 0 Å². The molecule has 1 N–H and O–H groups in total. The Morgan fingerprint density at radius 2 is 2.39 bits per heavy atom. The molecule has 0 radical (unpaired) electrons. The van der Waals surface area contributed by atoms with Gasteiger partial charge in [0.05, 0.1) is 18.4 Å². The second-order valence-corrected chi connectivity index (χ2v) is 4.46. The van der Waals surface area contributed by atoms with E-state index in [1.54, 1.807) is 0 Å². The summed E-state index contributed by atoms with van der Waals surface area (Å²) in [6.45, 7) is 1.62. The van der Waals surface area contributed by atoms with Crippen molar-refractivity contribution in [2.45, 2.75) is 12.5 Å². The zero-order valence-corrected chi connectivity index (χ0v) is 10.5. The number of likely N-dealkylation sites (N-methyl/N-ethyl adjacent to an activating group) is 1. The van der Waals surface area contributed by atoms with Gasteiger partial charge >= 0.3 is 0 Å². The third kappa shape index (κ3) is 1.94. The molecule has 2 aromatic rings. The van der Waals surface area contributed by atoms with Crippen molar-refractivity contribution < 1.29 is 4.74 Å². The summed E-state index contributed by atoms with van der Waals surface area (Å²) in [7, 11) is 1.95. The zero-order chi connectivity index (χ0) is 12.4. The van der Waals surface area contributed by atoms with Crippen LogP contribution in [-0.2, 0) is 11.2 Å². The fourth-order valence-electron chi connectivity index (χ4n) is 2.54.